The van der Waals surface area contributed by atoms with E-state index in [-0.39, 0.29) is 11.9 Å². The molecule has 2 nitrogen and oxygen atoms in total. The van der Waals surface area contributed by atoms with E-state index < -0.39 is 0 Å². The van der Waals surface area contributed by atoms with Crippen molar-refractivity contribution >= 4 is 27.5 Å². The lowest BCUT2D eigenvalue weighted by molar-refractivity contribution is 0.306. The van der Waals surface area contributed by atoms with E-state index >= 15 is 0 Å². The largest absolute Gasteiger partial charge is 0.487 e. The molecule has 1 atom stereocenters. The highest BCUT2D eigenvalue weighted by molar-refractivity contribution is 9.10. The maximum atomic E-state index is 13.1. The summed E-state index contributed by atoms with van der Waals surface area (Å²) in [4.78, 5) is 0. The second-order valence-electron chi connectivity index (χ2n) is 4.52. The van der Waals surface area contributed by atoms with Crippen molar-refractivity contribution in [2.45, 2.75) is 19.6 Å². The number of benzene rings is 2. The van der Waals surface area contributed by atoms with Crippen LogP contribution in [0.25, 0.3) is 0 Å². The van der Waals surface area contributed by atoms with E-state index in [0.717, 1.165) is 11.1 Å². The zero-order valence-electron chi connectivity index (χ0n) is 10.9. The van der Waals surface area contributed by atoms with Gasteiger partial charge in [-0.25, -0.2) is 4.39 Å². The first kappa shape index (κ1) is 15.3. The van der Waals surface area contributed by atoms with Crippen molar-refractivity contribution in [2.75, 3.05) is 0 Å². The molecule has 0 aliphatic rings. The Labute approximate surface area is 130 Å². The lowest BCUT2D eigenvalue weighted by Gasteiger charge is -2.11. The average molecular weight is 359 g/mol. The third-order valence-corrected chi connectivity index (χ3v) is 3.76. The van der Waals surface area contributed by atoms with Crippen LogP contribution in [0.2, 0.25) is 5.02 Å². The van der Waals surface area contributed by atoms with Crippen molar-refractivity contribution in [2.24, 2.45) is 5.73 Å². The van der Waals surface area contributed by atoms with Crippen molar-refractivity contribution in [1.82, 2.24) is 0 Å². The van der Waals surface area contributed by atoms with Gasteiger partial charge in [0.1, 0.15) is 18.2 Å². The molecule has 0 saturated heterocycles. The molecule has 0 aliphatic heterocycles. The lowest BCUT2D eigenvalue weighted by atomic mass is 10.1. The van der Waals surface area contributed by atoms with Gasteiger partial charge in [0, 0.05) is 6.04 Å². The Morgan fingerprint density at radius 2 is 2.05 bits per heavy atom. The van der Waals surface area contributed by atoms with Gasteiger partial charge >= 0.3 is 0 Å². The highest BCUT2D eigenvalue weighted by Gasteiger charge is 2.07. The molecule has 2 N–H and O–H groups in total. The van der Waals surface area contributed by atoms with Crippen LogP contribution in [0, 0.1) is 5.82 Å². The predicted molar refractivity (Wildman–Crippen MR) is 82.5 cm³/mol. The molecule has 0 bridgehead atoms. The summed E-state index contributed by atoms with van der Waals surface area (Å²) in [6.07, 6.45) is 0. The Bertz CT molecular complexity index is 619. The second-order valence-corrected chi connectivity index (χ2v) is 5.78. The van der Waals surface area contributed by atoms with Crippen molar-refractivity contribution in [3.63, 3.8) is 0 Å². The van der Waals surface area contributed by atoms with E-state index in [9.17, 15) is 4.39 Å². The number of nitrogens with two attached hydrogens (primary N) is 1. The van der Waals surface area contributed by atoms with Gasteiger partial charge in [0.05, 0.1) is 9.50 Å². The third kappa shape index (κ3) is 3.72. The van der Waals surface area contributed by atoms with Gasteiger partial charge in [-0.3, -0.25) is 0 Å². The minimum Gasteiger partial charge on any atom is -0.487 e. The van der Waals surface area contributed by atoms with Gasteiger partial charge in [-0.05, 0) is 58.2 Å². The van der Waals surface area contributed by atoms with Gasteiger partial charge in [-0.1, -0.05) is 23.7 Å². The summed E-state index contributed by atoms with van der Waals surface area (Å²) < 4.78 is 19.2. The summed E-state index contributed by atoms with van der Waals surface area (Å²) in [6, 6.07) is 10.1. The standard InChI is InChI=1S/C15H14BrClFNO/c1-9(19)11-3-5-15(13(17)7-11)20-8-10-2-4-14(18)12(16)6-10/h2-7,9H,8,19H2,1H3/t9-/m1/s1. The number of hydrogen-bond acceptors (Lipinski definition) is 2. The molecule has 0 amide bonds. The van der Waals surface area contributed by atoms with Crippen LogP contribution in [-0.4, -0.2) is 0 Å². The summed E-state index contributed by atoms with van der Waals surface area (Å²) in [5.74, 6) is 0.282. The molecule has 2 aromatic carbocycles. The number of ether oxygens (including phenoxy) is 1. The molecule has 106 valence electrons. The van der Waals surface area contributed by atoms with E-state index in [4.69, 9.17) is 22.1 Å². The topological polar surface area (TPSA) is 35.2 Å². The molecular weight excluding hydrogens is 345 g/mol. The Hall–Kier alpha value is -1.10. The molecule has 20 heavy (non-hydrogen) atoms. The van der Waals surface area contributed by atoms with Crippen molar-refractivity contribution < 1.29 is 9.13 Å². The monoisotopic (exact) mass is 357 g/mol. The van der Waals surface area contributed by atoms with E-state index in [1.165, 1.54) is 6.07 Å². The molecule has 0 unspecified atom stereocenters. The molecule has 2 aromatic rings. The molecule has 0 spiro atoms. The van der Waals surface area contributed by atoms with Crippen LogP contribution >= 0.6 is 27.5 Å². The molecule has 2 rings (SSSR count). The molecule has 0 aliphatic carbocycles. The predicted octanol–water partition coefficient (Wildman–Crippen LogP) is 4.84. The quantitative estimate of drug-likeness (QED) is 0.848. The Morgan fingerprint density at radius 3 is 2.65 bits per heavy atom. The van der Waals surface area contributed by atoms with Gasteiger partial charge in [0.2, 0.25) is 0 Å². The van der Waals surface area contributed by atoms with Crippen molar-refractivity contribution in [3.05, 3.63) is 62.8 Å². The van der Waals surface area contributed by atoms with Gasteiger partial charge in [0.25, 0.3) is 0 Å². The molecule has 0 fully saturated rings. The fourth-order valence-electron chi connectivity index (χ4n) is 1.71. The van der Waals surface area contributed by atoms with Crippen LogP contribution < -0.4 is 10.5 Å². The number of halogens is 3. The summed E-state index contributed by atoms with van der Waals surface area (Å²) in [5, 5.41) is 0.515. The Balaban J connectivity index is 2.09. The molecular formula is C15H14BrClFNO. The fourth-order valence-corrected chi connectivity index (χ4v) is 2.38. The fraction of sp³-hybridized carbons (Fsp3) is 0.200. The molecule has 0 aromatic heterocycles. The molecule has 0 saturated carbocycles. The van der Waals surface area contributed by atoms with Crippen molar-refractivity contribution in [3.8, 4) is 5.75 Å². The van der Waals surface area contributed by atoms with E-state index in [1.807, 2.05) is 13.0 Å². The number of hydrogen-bond donors (Lipinski definition) is 1. The van der Waals surface area contributed by atoms with Gasteiger partial charge < -0.3 is 10.5 Å². The molecule has 0 heterocycles. The summed E-state index contributed by atoms with van der Waals surface area (Å²) in [6.45, 7) is 2.21. The average Bonchev–Trinajstić information content (AvgIpc) is 2.41. The number of rotatable bonds is 4. The maximum Gasteiger partial charge on any atom is 0.138 e. The SMILES string of the molecule is C[C@@H](N)c1ccc(OCc2ccc(F)c(Br)c2)c(Cl)c1. The molecule has 5 heteroatoms. The van der Waals surface area contributed by atoms with Crippen LogP contribution in [0.5, 0.6) is 5.75 Å². The lowest BCUT2D eigenvalue weighted by Crippen LogP contribution is -2.05. The summed E-state index contributed by atoms with van der Waals surface area (Å²) in [7, 11) is 0. The zero-order valence-corrected chi connectivity index (χ0v) is 13.2. The minimum absolute atomic E-state index is 0.0744. The van der Waals surface area contributed by atoms with E-state index in [0.29, 0.717) is 21.9 Å². The van der Waals surface area contributed by atoms with Crippen LogP contribution in [0.15, 0.2) is 40.9 Å². The summed E-state index contributed by atoms with van der Waals surface area (Å²) in [5.41, 5.74) is 7.59. The smallest absolute Gasteiger partial charge is 0.138 e. The normalized spacial score (nSPS) is 12.2. The summed E-state index contributed by atoms with van der Waals surface area (Å²) >= 11 is 9.29. The first-order valence-electron chi connectivity index (χ1n) is 6.09. The van der Waals surface area contributed by atoms with Crippen molar-refractivity contribution in [1.29, 1.82) is 0 Å². The highest BCUT2D eigenvalue weighted by Crippen LogP contribution is 2.28. The first-order chi connectivity index (χ1) is 9.47. The van der Waals surface area contributed by atoms with Crippen LogP contribution in [0.3, 0.4) is 0 Å². The third-order valence-electron chi connectivity index (χ3n) is 2.86. The van der Waals surface area contributed by atoms with E-state index in [2.05, 4.69) is 15.9 Å². The maximum absolute atomic E-state index is 13.1. The first-order valence-corrected chi connectivity index (χ1v) is 7.26. The highest BCUT2D eigenvalue weighted by atomic mass is 79.9. The van der Waals surface area contributed by atoms with Gasteiger partial charge in [-0.2, -0.15) is 0 Å². The van der Waals surface area contributed by atoms with Gasteiger partial charge in [-0.15, -0.1) is 0 Å². The Kier molecular flexibility index (Phi) is 5.02. The Morgan fingerprint density at radius 1 is 1.30 bits per heavy atom. The zero-order chi connectivity index (χ0) is 14.7. The van der Waals surface area contributed by atoms with Crippen LogP contribution in [0.1, 0.15) is 24.1 Å². The minimum atomic E-state index is -0.298. The van der Waals surface area contributed by atoms with Crippen LogP contribution in [-0.2, 0) is 6.61 Å². The second kappa shape index (κ2) is 6.57. The molecule has 0 radical (unpaired) electrons. The van der Waals surface area contributed by atoms with Gasteiger partial charge in [0.15, 0.2) is 0 Å². The van der Waals surface area contributed by atoms with E-state index in [1.54, 1.807) is 24.3 Å². The van der Waals surface area contributed by atoms with Crippen LogP contribution in [0.4, 0.5) is 4.39 Å².